The van der Waals surface area contributed by atoms with Crippen molar-refractivity contribution in [2.75, 3.05) is 5.32 Å². The highest BCUT2D eigenvalue weighted by atomic mass is 127. The Hall–Kier alpha value is -2.09. The molecule has 0 aliphatic heterocycles. The molecule has 1 N–H and O–H groups in total. The minimum Gasteiger partial charge on any atom is -0.487 e. The van der Waals surface area contributed by atoms with Crippen LogP contribution in [0, 0.1) is 3.57 Å². The summed E-state index contributed by atoms with van der Waals surface area (Å²) >= 11 is 14.7. The maximum Gasteiger partial charge on any atom is 0.141 e. The van der Waals surface area contributed by atoms with Crippen molar-refractivity contribution in [3.63, 3.8) is 0 Å². The molecule has 3 aromatic carbocycles. The molecule has 0 fully saturated rings. The fourth-order valence-corrected chi connectivity index (χ4v) is 3.69. The van der Waals surface area contributed by atoms with Gasteiger partial charge in [-0.2, -0.15) is 0 Å². The number of hydrogen-bond donors (Lipinski definition) is 1. The van der Waals surface area contributed by atoms with Gasteiger partial charge in [0.05, 0.1) is 10.5 Å². The van der Waals surface area contributed by atoms with Crippen molar-refractivity contribution < 1.29 is 4.74 Å². The quantitative estimate of drug-likeness (QED) is 0.291. The minimum atomic E-state index is 0.391. The van der Waals surface area contributed by atoms with E-state index in [9.17, 15) is 0 Å². The Morgan fingerprint density at radius 3 is 2.68 bits per heavy atom. The molecule has 0 aliphatic rings. The zero-order valence-electron chi connectivity index (χ0n) is 14.5. The second-order valence-corrected chi connectivity index (χ2v) is 8.16. The van der Waals surface area contributed by atoms with Crippen LogP contribution in [0.5, 0.6) is 5.75 Å². The SMILES string of the molecule is Clc1cccc(COc2ccc(Nc3ncnc4ccc(I)cc34)cc2Cl)c1. The molecule has 140 valence electrons. The molecule has 0 saturated carbocycles. The van der Waals surface area contributed by atoms with Crippen LogP contribution in [0.25, 0.3) is 10.9 Å². The maximum atomic E-state index is 6.41. The van der Waals surface area contributed by atoms with E-state index in [4.69, 9.17) is 27.9 Å². The third-order valence-corrected chi connectivity index (χ3v) is 5.28. The van der Waals surface area contributed by atoms with Gasteiger partial charge in [0, 0.05) is 19.7 Å². The number of nitrogens with zero attached hydrogens (tertiary/aromatic N) is 2. The van der Waals surface area contributed by atoms with Crippen LogP contribution in [-0.4, -0.2) is 9.97 Å². The number of fused-ring (bicyclic) bond motifs is 1. The largest absolute Gasteiger partial charge is 0.487 e. The van der Waals surface area contributed by atoms with Gasteiger partial charge < -0.3 is 10.1 Å². The zero-order valence-corrected chi connectivity index (χ0v) is 18.2. The van der Waals surface area contributed by atoms with Crippen LogP contribution in [0.4, 0.5) is 11.5 Å². The summed E-state index contributed by atoms with van der Waals surface area (Å²) in [7, 11) is 0. The van der Waals surface area contributed by atoms with E-state index >= 15 is 0 Å². The van der Waals surface area contributed by atoms with Gasteiger partial charge in [0.2, 0.25) is 0 Å². The lowest BCUT2D eigenvalue weighted by Gasteiger charge is -2.12. The molecule has 4 rings (SSSR count). The highest BCUT2D eigenvalue weighted by molar-refractivity contribution is 14.1. The summed E-state index contributed by atoms with van der Waals surface area (Å²) in [5.74, 6) is 1.33. The van der Waals surface area contributed by atoms with Crippen LogP contribution in [0.1, 0.15) is 5.56 Å². The third-order valence-electron chi connectivity index (χ3n) is 4.08. The Labute approximate surface area is 186 Å². The lowest BCUT2D eigenvalue weighted by Crippen LogP contribution is -1.98. The highest BCUT2D eigenvalue weighted by Gasteiger charge is 2.08. The Morgan fingerprint density at radius 2 is 1.86 bits per heavy atom. The normalized spacial score (nSPS) is 10.8. The van der Waals surface area contributed by atoms with Crippen LogP contribution in [0.3, 0.4) is 0 Å². The Morgan fingerprint density at radius 1 is 0.964 bits per heavy atom. The molecule has 1 aromatic heterocycles. The van der Waals surface area contributed by atoms with Crippen LogP contribution < -0.4 is 10.1 Å². The average molecular weight is 522 g/mol. The van der Waals surface area contributed by atoms with E-state index in [-0.39, 0.29) is 0 Å². The molecular weight excluding hydrogens is 508 g/mol. The van der Waals surface area contributed by atoms with E-state index in [1.54, 1.807) is 6.33 Å². The van der Waals surface area contributed by atoms with E-state index in [0.29, 0.717) is 22.4 Å². The van der Waals surface area contributed by atoms with Crippen molar-refractivity contribution in [1.82, 2.24) is 9.97 Å². The summed E-state index contributed by atoms with van der Waals surface area (Å²) in [4.78, 5) is 8.67. The summed E-state index contributed by atoms with van der Waals surface area (Å²) in [5.41, 5.74) is 2.68. The van der Waals surface area contributed by atoms with Gasteiger partial charge in [0.25, 0.3) is 0 Å². The van der Waals surface area contributed by atoms with Crippen molar-refractivity contribution in [2.24, 2.45) is 0 Å². The number of halogens is 3. The molecular formula is C21H14Cl2IN3O. The highest BCUT2D eigenvalue weighted by Crippen LogP contribution is 2.31. The van der Waals surface area contributed by atoms with Crippen molar-refractivity contribution in [1.29, 1.82) is 0 Å². The van der Waals surface area contributed by atoms with E-state index < -0.39 is 0 Å². The lowest BCUT2D eigenvalue weighted by atomic mass is 10.2. The molecule has 4 nitrogen and oxygen atoms in total. The van der Waals surface area contributed by atoms with E-state index in [0.717, 1.165) is 31.5 Å². The number of rotatable bonds is 5. The first kappa shape index (κ1) is 19.2. The van der Waals surface area contributed by atoms with Crippen molar-refractivity contribution in [2.45, 2.75) is 6.61 Å². The molecule has 0 aliphatic carbocycles. The summed E-state index contributed by atoms with van der Waals surface area (Å²) in [6.45, 7) is 0.391. The second kappa shape index (κ2) is 8.51. The van der Waals surface area contributed by atoms with Gasteiger partial charge in [-0.05, 0) is 76.7 Å². The molecule has 0 atom stereocenters. The first-order chi connectivity index (χ1) is 13.6. The summed E-state index contributed by atoms with van der Waals surface area (Å²) in [5, 5.41) is 5.46. The van der Waals surface area contributed by atoms with Gasteiger partial charge in [-0.3, -0.25) is 0 Å². The van der Waals surface area contributed by atoms with Crippen LogP contribution in [0.15, 0.2) is 67.0 Å². The number of benzene rings is 3. The van der Waals surface area contributed by atoms with E-state index in [2.05, 4.69) is 37.9 Å². The maximum absolute atomic E-state index is 6.41. The average Bonchev–Trinajstić information content (AvgIpc) is 2.68. The Balaban J connectivity index is 1.53. The molecule has 0 saturated heterocycles. The first-order valence-corrected chi connectivity index (χ1v) is 10.3. The molecule has 0 amide bonds. The van der Waals surface area contributed by atoms with Crippen molar-refractivity contribution in [3.8, 4) is 5.75 Å². The molecule has 4 aromatic rings. The van der Waals surface area contributed by atoms with E-state index in [1.807, 2.05) is 60.7 Å². The second-order valence-electron chi connectivity index (χ2n) is 6.07. The summed E-state index contributed by atoms with van der Waals surface area (Å²) in [6.07, 6.45) is 1.54. The van der Waals surface area contributed by atoms with Gasteiger partial charge in [-0.15, -0.1) is 0 Å². The molecule has 1 heterocycles. The minimum absolute atomic E-state index is 0.391. The van der Waals surface area contributed by atoms with Gasteiger partial charge >= 0.3 is 0 Å². The third kappa shape index (κ3) is 4.48. The number of ether oxygens (including phenoxy) is 1. The number of hydrogen-bond acceptors (Lipinski definition) is 4. The van der Waals surface area contributed by atoms with Crippen molar-refractivity contribution >= 4 is 68.2 Å². The molecule has 0 bridgehead atoms. The predicted molar refractivity (Wildman–Crippen MR) is 123 cm³/mol. The van der Waals surface area contributed by atoms with Gasteiger partial charge in [-0.25, -0.2) is 9.97 Å². The molecule has 7 heteroatoms. The topological polar surface area (TPSA) is 47.0 Å². The fourth-order valence-electron chi connectivity index (χ4n) is 2.75. The Bertz CT molecular complexity index is 1150. The summed E-state index contributed by atoms with van der Waals surface area (Å²) < 4.78 is 6.94. The van der Waals surface area contributed by atoms with Gasteiger partial charge in [-0.1, -0.05) is 35.3 Å². The monoisotopic (exact) mass is 521 g/mol. The smallest absolute Gasteiger partial charge is 0.141 e. The van der Waals surface area contributed by atoms with Gasteiger partial charge in [0.15, 0.2) is 0 Å². The van der Waals surface area contributed by atoms with Crippen LogP contribution in [0.2, 0.25) is 10.0 Å². The molecule has 0 spiro atoms. The standard InChI is InChI=1S/C21H14Cl2IN3O/c22-14-3-1-2-13(8-14)11-28-20-7-5-16(10-18(20)23)27-21-17-9-15(24)4-6-19(17)25-12-26-21/h1-10,12H,11H2,(H,25,26,27). The lowest BCUT2D eigenvalue weighted by molar-refractivity contribution is 0.306. The zero-order chi connectivity index (χ0) is 19.5. The fraction of sp³-hybridized carbons (Fsp3) is 0.0476. The van der Waals surface area contributed by atoms with Crippen LogP contribution in [-0.2, 0) is 6.61 Å². The number of aromatic nitrogens is 2. The van der Waals surface area contributed by atoms with Crippen molar-refractivity contribution in [3.05, 3.63) is 86.2 Å². The Kier molecular flexibility index (Phi) is 5.85. The molecule has 0 unspecified atom stereocenters. The number of anilines is 2. The molecule has 28 heavy (non-hydrogen) atoms. The first-order valence-electron chi connectivity index (χ1n) is 8.42. The summed E-state index contributed by atoms with van der Waals surface area (Å²) in [6, 6.07) is 19.1. The van der Waals surface area contributed by atoms with Crippen LogP contribution >= 0.6 is 45.8 Å². The number of nitrogens with one attached hydrogen (secondary N) is 1. The van der Waals surface area contributed by atoms with Gasteiger partial charge in [0.1, 0.15) is 24.5 Å². The van der Waals surface area contributed by atoms with E-state index in [1.165, 1.54) is 0 Å². The molecule has 0 radical (unpaired) electrons. The predicted octanol–water partition coefficient (Wildman–Crippen LogP) is 6.86.